The molecule has 0 aromatic rings. The van der Waals surface area contributed by atoms with Gasteiger partial charge in [0.2, 0.25) is 0 Å². The molecule has 0 bridgehead atoms. The monoisotopic (exact) mass is 196 g/mol. The number of carbonyl (C=O) groups excluding carboxylic acids is 1. The molecule has 0 spiro atoms. The average Bonchev–Trinajstić information content (AvgIpc) is 2.56. The lowest BCUT2D eigenvalue weighted by molar-refractivity contribution is -0.134. The predicted molar refractivity (Wildman–Crippen MR) is 53.0 cm³/mol. The van der Waals surface area contributed by atoms with Crippen molar-refractivity contribution >= 4 is 5.97 Å². The van der Waals surface area contributed by atoms with Crippen molar-refractivity contribution in [2.75, 3.05) is 46.4 Å². The predicted octanol–water partition coefficient (Wildman–Crippen LogP) is -0.283. The van der Waals surface area contributed by atoms with E-state index in [4.69, 9.17) is 4.74 Å². The zero-order valence-electron chi connectivity index (χ0n) is 8.53. The second-order valence-corrected chi connectivity index (χ2v) is 3.99. The van der Waals surface area contributed by atoms with Gasteiger partial charge in [0.15, 0.2) is 0 Å². The molecule has 78 valence electrons. The van der Waals surface area contributed by atoms with E-state index in [2.05, 4.69) is 16.8 Å². The summed E-state index contributed by atoms with van der Waals surface area (Å²) in [5, 5.41) is 0. The fraction of sp³-hybridized carbons (Fsp3) is 0.700. The van der Waals surface area contributed by atoms with Crippen LogP contribution in [0.4, 0.5) is 0 Å². The molecule has 2 aliphatic rings. The third-order valence-electron chi connectivity index (χ3n) is 2.74. The molecule has 4 nitrogen and oxygen atoms in total. The normalized spacial score (nSPS) is 24.9. The van der Waals surface area contributed by atoms with E-state index in [1.54, 1.807) is 6.08 Å². The van der Waals surface area contributed by atoms with Crippen LogP contribution in [-0.4, -0.2) is 62.1 Å². The van der Waals surface area contributed by atoms with Crippen molar-refractivity contribution in [1.82, 2.24) is 9.80 Å². The quantitative estimate of drug-likeness (QED) is 0.569. The molecule has 14 heavy (non-hydrogen) atoms. The van der Waals surface area contributed by atoms with Crippen LogP contribution in [0.3, 0.4) is 0 Å². The SMILES string of the molecule is CN1CCN(CC2=CC(=O)OC2)CC1. The zero-order chi connectivity index (χ0) is 9.97. The first-order valence-electron chi connectivity index (χ1n) is 5.01. The van der Waals surface area contributed by atoms with Crippen molar-refractivity contribution in [3.8, 4) is 0 Å². The van der Waals surface area contributed by atoms with Gasteiger partial charge < -0.3 is 9.64 Å². The number of carbonyl (C=O) groups is 1. The zero-order valence-corrected chi connectivity index (χ0v) is 8.53. The van der Waals surface area contributed by atoms with Gasteiger partial charge in [0.05, 0.1) is 0 Å². The molecule has 0 N–H and O–H groups in total. The van der Waals surface area contributed by atoms with E-state index in [9.17, 15) is 4.79 Å². The maximum atomic E-state index is 10.8. The maximum absolute atomic E-state index is 10.8. The van der Waals surface area contributed by atoms with Crippen LogP contribution in [0.15, 0.2) is 11.6 Å². The highest BCUT2D eigenvalue weighted by Crippen LogP contribution is 2.09. The number of piperazine rings is 1. The van der Waals surface area contributed by atoms with Gasteiger partial charge in [0.1, 0.15) is 6.61 Å². The number of likely N-dealkylation sites (N-methyl/N-ethyl adjacent to an activating group) is 1. The molecular weight excluding hydrogens is 180 g/mol. The molecule has 0 radical (unpaired) electrons. The highest BCUT2D eigenvalue weighted by atomic mass is 16.5. The molecule has 2 aliphatic heterocycles. The molecule has 1 fully saturated rings. The lowest BCUT2D eigenvalue weighted by atomic mass is 10.2. The van der Waals surface area contributed by atoms with E-state index in [0.29, 0.717) is 6.61 Å². The van der Waals surface area contributed by atoms with Gasteiger partial charge in [0, 0.05) is 38.8 Å². The smallest absolute Gasteiger partial charge is 0.331 e. The van der Waals surface area contributed by atoms with Crippen molar-refractivity contribution in [1.29, 1.82) is 0 Å². The van der Waals surface area contributed by atoms with Gasteiger partial charge in [-0.15, -0.1) is 0 Å². The van der Waals surface area contributed by atoms with Crippen LogP contribution in [0, 0.1) is 0 Å². The lowest BCUT2D eigenvalue weighted by Crippen LogP contribution is -2.45. The van der Waals surface area contributed by atoms with Gasteiger partial charge in [-0.25, -0.2) is 4.79 Å². The van der Waals surface area contributed by atoms with E-state index < -0.39 is 0 Å². The first-order valence-corrected chi connectivity index (χ1v) is 5.01. The number of ether oxygens (including phenoxy) is 1. The molecule has 4 heteroatoms. The Labute approximate surface area is 84.1 Å². The molecule has 0 saturated carbocycles. The maximum Gasteiger partial charge on any atom is 0.331 e. The van der Waals surface area contributed by atoms with E-state index >= 15 is 0 Å². The fourth-order valence-electron chi connectivity index (χ4n) is 1.80. The standard InChI is InChI=1S/C10H16N2O2/c1-11-2-4-12(5-3-11)7-9-6-10(13)14-8-9/h6H,2-5,7-8H2,1H3. The van der Waals surface area contributed by atoms with Gasteiger partial charge in [-0.3, -0.25) is 4.90 Å². The molecule has 0 aromatic carbocycles. The van der Waals surface area contributed by atoms with Crippen molar-refractivity contribution in [2.24, 2.45) is 0 Å². The van der Waals surface area contributed by atoms with Crippen LogP contribution in [0.5, 0.6) is 0 Å². The summed E-state index contributed by atoms with van der Waals surface area (Å²) in [6.45, 7) is 5.78. The van der Waals surface area contributed by atoms with Crippen LogP contribution in [0.2, 0.25) is 0 Å². The molecule has 0 amide bonds. The van der Waals surface area contributed by atoms with Gasteiger partial charge in [0.25, 0.3) is 0 Å². The Morgan fingerprint density at radius 3 is 2.64 bits per heavy atom. The van der Waals surface area contributed by atoms with Crippen LogP contribution >= 0.6 is 0 Å². The van der Waals surface area contributed by atoms with E-state index in [0.717, 1.165) is 38.3 Å². The minimum absolute atomic E-state index is 0.186. The Morgan fingerprint density at radius 1 is 1.36 bits per heavy atom. The van der Waals surface area contributed by atoms with Crippen molar-refractivity contribution in [2.45, 2.75) is 0 Å². The number of rotatable bonds is 2. The Morgan fingerprint density at radius 2 is 2.07 bits per heavy atom. The number of esters is 1. The molecule has 0 aromatic heterocycles. The summed E-state index contributed by atoms with van der Waals surface area (Å²) >= 11 is 0. The molecule has 1 saturated heterocycles. The van der Waals surface area contributed by atoms with Crippen LogP contribution in [-0.2, 0) is 9.53 Å². The third-order valence-corrected chi connectivity index (χ3v) is 2.74. The largest absolute Gasteiger partial charge is 0.458 e. The molecule has 0 aliphatic carbocycles. The Balaban J connectivity index is 1.81. The highest BCUT2D eigenvalue weighted by molar-refractivity contribution is 5.85. The summed E-state index contributed by atoms with van der Waals surface area (Å²) in [5.41, 5.74) is 1.11. The minimum atomic E-state index is -0.186. The Bertz CT molecular complexity index is 255. The molecule has 0 unspecified atom stereocenters. The van der Waals surface area contributed by atoms with E-state index in [1.165, 1.54) is 0 Å². The second-order valence-electron chi connectivity index (χ2n) is 3.99. The Hall–Kier alpha value is -0.870. The van der Waals surface area contributed by atoms with Crippen LogP contribution in [0.1, 0.15) is 0 Å². The fourth-order valence-corrected chi connectivity index (χ4v) is 1.80. The van der Waals surface area contributed by atoms with Gasteiger partial charge >= 0.3 is 5.97 Å². The van der Waals surface area contributed by atoms with Gasteiger partial charge in [-0.2, -0.15) is 0 Å². The third kappa shape index (κ3) is 2.33. The van der Waals surface area contributed by atoms with Crippen molar-refractivity contribution < 1.29 is 9.53 Å². The summed E-state index contributed by atoms with van der Waals surface area (Å²) < 4.78 is 4.86. The summed E-state index contributed by atoms with van der Waals surface area (Å²) in [4.78, 5) is 15.5. The summed E-state index contributed by atoms with van der Waals surface area (Å²) in [6, 6.07) is 0. The average molecular weight is 196 g/mol. The van der Waals surface area contributed by atoms with Crippen molar-refractivity contribution in [3.63, 3.8) is 0 Å². The van der Waals surface area contributed by atoms with E-state index in [-0.39, 0.29) is 5.97 Å². The molecule has 0 atom stereocenters. The molecule has 2 heterocycles. The molecular formula is C10H16N2O2. The van der Waals surface area contributed by atoms with Crippen LogP contribution in [0.25, 0.3) is 0 Å². The minimum Gasteiger partial charge on any atom is -0.458 e. The first kappa shape index (κ1) is 9.68. The summed E-state index contributed by atoms with van der Waals surface area (Å²) in [6.07, 6.45) is 1.62. The van der Waals surface area contributed by atoms with E-state index in [1.807, 2.05) is 0 Å². The highest BCUT2D eigenvalue weighted by Gasteiger charge is 2.18. The number of cyclic esters (lactones) is 1. The topological polar surface area (TPSA) is 32.8 Å². The molecule has 2 rings (SSSR count). The van der Waals surface area contributed by atoms with Crippen LogP contribution < -0.4 is 0 Å². The number of nitrogens with zero attached hydrogens (tertiary/aromatic N) is 2. The second kappa shape index (κ2) is 4.11. The van der Waals surface area contributed by atoms with Gasteiger partial charge in [-0.05, 0) is 12.6 Å². The lowest BCUT2D eigenvalue weighted by Gasteiger charge is -2.32. The first-order chi connectivity index (χ1) is 6.74. The summed E-state index contributed by atoms with van der Waals surface area (Å²) in [5.74, 6) is -0.186. The summed E-state index contributed by atoms with van der Waals surface area (Å²) in [7, 11) is 2.14. The Kier molecular flexibility index (Phi) is 2.84. The van der Waals surface area contributed by atoms with Crippen molar-refractivity contribution in [3.05, 3.63) is 11.6 Å². The van der Waals surface area contributed by atoms with Gasteiger partial charge in [-0.1, -0.05) is 0 Å². The number of hydrogen-bond donors (Lipinski definition) is 0. The number of hydrogen-bond acceptors (Lipinski definition) is 4.